The number of phenolic OH excluding ortho intramolecular Hbond substituents is 1. The Hall–Kier alpha value is -6.29. The van der Waals surface area contributed by atoms with Crippen LogP contribution in [0.1, 0.15) is 52.7 Å². The number of rotatable bonds is 7. The molecule has 4 aliphatic rings. The number of allylic oxidation sites excluding steroid dienone is 4. The van der Waals surface area contributed by atoms with Crippen molar-refractivity contribution in [2.45, 2.75) is 31.1 Å². The van der Waals surface area contributed by atoms with E-state index < -0.39 is 58.5 Å². The van der Waals surface area contributed by atoms with Gasteiger partial charge in [0.15, 0.2) is 23.1 Å². The first-order valence-corrected chi connectivity index (χ1v) is 17.6. The number of hydrogen-bond acceptors (Lipinski definition) is 8. The molecule has 8 rings (SSSR count). The van der Waals surface area contributed by atoms with Crippen molar-refractivity contribution in [1.29, 1.82) is 0 Å². The Kier molecular flexibility index (Phi) is 8.13. The number of imide groups is 1. The second-order valence-electron chi connectivity index (χ2n) is 13.9. The predicted molar refractivity (Wildman–Crippen MR) is 193 cm³/mol. The van der Waals surface area contributed by atoms with Crippen LogP contribution in [-0.2, 0) is 24.6 Å². The molecule has 3 aliphatic carbocycles. The zero-order chi connectivity index (χ0) is 37.2. The van der Waals surface area contributed by atoms with Gasteiger partial charge in [-0.15, -0.1) is 0 Å². The zero-order valence-electron chi connectivity index (χ0n) is 28.6. The lowest BCUT2D eigenvalue weighted by Crippen LogP contribution is -2.58. The van der Waals surface area contributed by atoms with Crippen LogP contribution >= 0.6 is 0 Å². The van der Waals surface area contributed by atoms with Crippen molar-refractivity contribution < 1.29 is 44.0 Å². The summed E-state index contributed by atoms with van der Waals surface area (Å²) in [5, 5.41) is 31.8. The number of aromatic hydroxyl groups is 2. The summed E-state index contributed by atoms with van der Waals surface area (Å²) >= 11 is 0. The molecular formula is C43H35NO9. The Balaban J connectivity index is 1.35. The zero-order valence-corrected chi connectivity index (χ0v) is 28.6. The number of Topliss-reactive ketones (excluding diaryl/α,β-unsaturated/α-hetero) is 1. The van der Waals surface area contributed by atoms with Crippen molar-refractivity contribution in [3.05, 3.63) is 137 Å². The third-order valence-electron chi connectivity index (χ3n) is 11.5. The normalized spacial score (nSPS) is 26.3. The maximum absolute atomic E-state index is 15.2. The van der Waals surface area contributed by atoms with Crippen molar-refractivity contribution >= 4 is 40.6 Å². The molecule has 6 atom stereocenters. The highest BCUT2D eigenvalue weighted by molar-refractivity contribution is 6.32. The third-order valence-corrected chi connectivity index (χ3v) is 11.5. The number of phenols is 2. The molecule has 4 aromatic rings. The summed E-state index contributed by atoms with van der Waals surface area (Å²) in [5.74, 6) is -7.98. The molecule has 1 saturated heterocycles. The van der Waals surface area contributed by atoms with Crippen molar-refractivity contribution in [2.24, 2.45) is 23.7 Å². The molecule has 53 heavy (non-hydrogen) atoms. The van der Waals surface area contributed by atoms with E-state index in [0.29, 0.717) is 22.3 Å². The quantitative estimate of drug-likeness (QED) is 0.150. The number of aromatic carboxylic acids is 1. The van der Waals surface area contributed by atoms with Crippen LogP contribution in [0, 0.1) is 23.7 Å². The van der Waals surface area contributed by atoms with Crippen molar-refractivity contribution in [2.75, 3.05) is 11.5 Å². The number of carbonyl (C=O) groups is 5. The SMILES string of the molecule is CCOc1cccc(C2C3=CCC4C(=O)N(c5ccc(C(=O)O)c(O)c5)C(=O)C4C3CC3C(=O)C(c4ccccc4)=CC(=O)C32c2ccccc2)c1O. The van der Waals surface area contributed by atoms with Gasteiger partial charge in [-0.2, -0.15) is 0 Å². The van der Waals surface area contributed by atoms with Gasteiger partial charge in [0.2, 0.25) is 11.8 Å². The summed E-state index contributed by atoms with van der Waals surface area (Å²) in [6, 6.07) is 26.6. The van der Waals surface area contributed by atoms with E-state index in [-0.39, 0.29) is 59.3 Å². The van der Waals surface area contributed by atoms with E-state index in [2.05, 4.69) is 0 Å². The Labute approximate surface area is 304 Å². The first-order valence-electron chi connectivity index (χ1n) is 17.6. The average Bonchev–Trinajstić information content (AvgIpc) is 3.42. The minimum atomic E-state index is -1.53. The van der Waals surface area contributed by atoms with Crippen LogP contribution in [-0.4, -0.2) is 51.3 Å². The van der Waals surface area contributed by atoms with Crippen LogP contribution in [0.4, 0.5) is 5.69 Å². The van der Waals surface area contributed by atoms with Crippen molar-refractivity contribution in [1.82, 2.24) is 0 Å². The van der Waals surface area contributed by atoms with E-state index >= 15 is 9.59 Å². The van der Waals surface area contributed by atoms with E-state index in [1.54, 1.807) is 49.4 Å². The van der Waals surface area contributed by atoms with E-state index in [9.17, 15) is 29.7 Å². The monoisotopic (exact) mass is 709 g/mol. The van der Waals surface area contributed by atoms with Crippen LogP contribution in [0.2, 0.25) is 0 Å². The van der Waals surface area contributed by atoms with Gasteiger partial charge in [-0.05, 0) is 61.1 Å². The number of para-hydroxylation sites is 1. The number of carboxylic acid groups (broad SMARTS) is 1. The average molecular weight is 710 g/mol. The lowest BCUT2D eigenvalue weighted by atomic mass is 9.44. The standard InChI is InChI=1S/C43H35NO9/c1-2-53-34-15-9-14-29(39(34)48)37-26-18-19-28-36(41(50)44(40(28)49)25-16-17-27(42(51)52)33(45)20-25)31(26)21-32-38(47)30(23-10-5-3-6-11-23)22-35(46)43(32,37)24-12-7-4-8-13-24/h3-18,20,22,28,31-32,36-37,45,48H,2,19,21H2,1H3,(H,51,52). The van der Waals surface area contributed by atoms with Gasteiger partial charge in [0.25, 0.3) is 0 Å². The summed E-state index contributed by atoms with van der Waals surface area (Å²) in [5.41, 5.74) is 0.572. The highest BCUT2D eigenvalue weighted by Crippen LogP contribution is 2.65. The maximum atomic E-state index is 15.2. The summed E-state index contributed by atoms with van der Waals surface area (Å²) in [6.07, 6.45) is 3.51. The summed E-state index contributed by atoms with van der Waals surface area (Å²) in [7, 11) is 0. The fourth-order valence-electron chi connectivity index (χ4n) is 9.36. The van der Waals surface area contributed by atoms with Crippen LogP contribution in [0.15, 0.2) is 115 Å². The van der Waals surface area contributed by atoms with Gasteiger partial charge in [-0.25, -0.2) is 9.69 Å². The molecule has 266 valence electrons. The predicted octanol–water partition coefficient (Wildman–Crippen LogP) is 6.22. The topological polar surface area (TPSA) is 159 Å². The molecular weight excluding hydrogens is 674 g/mol. The number of carbonyl (C=O) groups excluding carboxylic acids is 4. The van der Waals surface area contributed by atoms with Crippen LogP contribution in [0.5, 0.6) is 17.2 Å². The molecule has 1 saturated carbocycles. The first-order chi connectivity index (χ1) is 25.6. The molecule has 3 N–H and O–H groups in total. The highest BCUT2D eigenvalue weighted by Gasteiger charge is 2.66. The third kappa shape index (κ3) is 4.96. The van der Waals surface area contributed by atoms with Crippen LogP contribution in [0.3, 0.4) is 0 Å². The van der Waals surface area contributed by atoms with E-state index in [0.717, 1.165) is 17.0 Å². The molecule has 0 aromatic heterocycles. The largest absolute Gasteiger partial charge is 0.507 e. The van der Waals surface area contributed by atoms with Crippen LogP contribution in [0.25, 0.3) is 5.57 Å². The van der Waals surface area contributed by atoms with Gasteiger partial charge in [0, 0.05) is 29.0 Å². The van der Waals surface area contributed by atoms with Gasteiger partial charge < -0.3 is 20.1 Å². The molecule has 6 unspecified atom stereocenters. The van der Waals surface area contributed by atoms with Gasteiger partial charge in [0.1, 0.15) is 11.3 Å². The number of fused-ring (bicyclic) bond motifs is 4. The number of ketones is 2. The molecule has 10 nitrogen and oxygen atoms in total. The maximum Gasteiger partial charge on any atom is 0.339 e. The Morgan fingerprint density at radius 1 is 0.868 bits per heavy atom. The van der Waals surface area contributed by atoms with Gasteiger partial charge in [-0.3, -0.25) is 19.2 Å². The number of anilines is 1. The second kappa shape index (κ2) is 12.7. The van der Waals surface area contributed by atoms with Gasteiger partial charge in [-0.1, -0.05) is 84.4 Å². The lowest BCUT2D eigenvalue weighted by Gasteiger charge is -2.55. The molecule has 2 fully saturated rings. The fourth-order valence-corrected chi connectivity index (χ4v) is 9.36. The fraction of sp³-hybridized carbons (Fsp3) is 0.233. The molecule has 0 spiro atoms. The summed E-state index contributed by atoms with van der Waals surface area (Å²) in [6.45, 7) is 2.05. The second-order valence-corrected chi connectivity index (χ2v) is 13.9. The minimum Gasteiger partial charge on any atom is -0.507 e. The molecule has 4 aromatic carbocycles. The van der Waals surface area contributed by atoms with E-state index in [1.807, 2.05) is 42.5 Å². The number of hydrogen-bond donors (Lipinski definition) is 3. The lowest BCUT2D eigenvalue weighted by molar-refractivity contribution is -0.135. The van der Waals surface area contributed by atoms with E-state index in [4.69, 9.17) is 4.74 Å². The summed E-state index contributed by atoms with van der Waals surface area (Å²) < 4.78 is 5.80. The van der Waals surface area contributed by atoms with Crippen molar-refractivity contribution in [3.63, 3.8) is 0 Å². The first kappa shape index (κ1) is 33.8. The number of carboxylic acids is 1. The molecule has 10 heteroatoms. The number of benzene rings is 4. The molecule has 0 bridgehead atoms. The molecule has 0 radical (unpaired) electrons. The minimum absolute atomic E-state index is 0.0321. The smallest absolute Gasteiger partial charge is 0.339 e. The molecule has 1 heterocycles. The Morgan fingerprint density at radius 2 is 1.58 bits per heavy atom. The Bertz CT molecular complexity index is 2280. The summed E-state index contributed by atoms with van der Waals surface area (Å²) in [4.78, 5) is 71.5. The number of nitrogens with zero attached hydrogens (tertiary/aromatic N) is 1. The van der Waals surface area contributed by atoms with Crippen LogP contribution < -0.4 is 9.64 Å². The number of ether oxygens (including phenoxy) is 1. The van der Waals surface area contributed by atoms with Gasteiger partial charge in [0.05, 0.1) is 29.5 Å². The van der Waals surface area contributed by atoms with E-state index in [1.165, 1.54) is 12.1 Å². The van der Waals surface area contributed by atoms with Gasteiger partial charge >= 0.3 is 5.97 Å². The highest BCUT2D eigenvalue weighted by atomic mass is 16.5. The molecule has 2 amide bonds. The number of amides is 2. The molecule has 1 aliphatic heterocycles. The Morgan fingerprint density at radius 3 is 2.26 bits per heavy atom. The van der Waals surface area contributed by atoms with Crippen molar-refractivity contribution in [3.8, 4) is 17.2 Å².